The van der Waals surface area contributed by atoms with E-state index in [2.05, 4.69) is 37.4 Å². The Bertz CT molecular complexity index is 844. The molecule has 0 saturated heterocycles. The van der Waals surface area contributed by atoms with Gasteiger partial charge in [0.1, 0.15) is 11.5 Å². The molecule has 32 heavy (non-hydrogen) atoms. The minimum Gasteiger partial charge on any atom is -0.494 e. The molecule has 0 spiro atoms. The molecule has 0 saturated carbocycles. The maximum absolute atomic E-state index is 12.1. The summed E-state index contributed by atoms with van der Waals surface area (Å²) in [5, 5.41) is 4.02. The van der Waals surface area contributed by atoms with Crippen LogP contribution in [-0.2, 0) is 4.79 Å². The van der Waals surface area contributed by atoms with Gasteiger partial charge in [0, 0.05) is 0 Å². The fraction of sp³-hybridized carbons (Fsp3) is 0.481. The van der Waals surface area contributed by atoms with Crippen LogP contribution in [0.15, 0.2) is 47.6 Å². The van der Waals surface area contributed by atoms with Crippen molar-refractivity contribution in [2.75, 3.05) is 13.2 Å². The lowest BCUT2D eigenvalue weighted by molar-refractivity contribution is -0.123. The van der Waals surface area contributed by atoms with Crippen LogP contribution in [0.1, 0.15) is 81.9 Å². The van der Waals surface area contributed by atoms with E-state index in [1.54, 1.807) is 6.21 Å². The van der Waals surface area contributed by atoms with Crippen LogP contribution in [0.2, 0.25) is 0 Å². The normalized spacial score (nSPS) is 11.2. The van der Waals surface area contributed by atoms with Crippen LogP contribution in [0, 0.1) is 6.92 Å². The first-order valence-electron chi connectivity index (χ1n) is 11.8. The molecule has 2 rings (SSSR count). The number of nitrogens with one attached hydrogen (secondary N) is 1. The molecule has 2 aromatic carbocycles. The molecule has 0 aromatic heterocycles. The van der Waals surface area contributed by atoms with Crippen LogP contribution >= 0.6 is 0 Å². The van der Waals surface area contributed by atoms with E-state index < -0.39 is 0 Å². The largest absolute Gasteiger partial charge is 0.494 e. The summed E-state index contributed by atoms with van der Waals surface area (Å²) in [5.74, 6) is 1.63. The highest BCUT2D eigenvalue weighted by molar-refractivity contribution is 5.83. The van der Waals surface area contributed by atoms with Gasteiger partial charge in [0.25, 0.3) is 5.91 Å². The molecule has 0 fully saturated rings. The number of benzene rings is 2. The van der Waals surface area contributed by atoms with E-state index in [1.807, 2.05) is 43.3 Å². The minimum atomic E-state index is -0.295. The van der Waals surface area contributed by atoms with E-state index in [0.29, 0.717) is 5.92 Å². The molecule has 0 aliphatic heterocycles. The molecule has 0 atom stereocenters. The smallest absolute Gasteiger partial charge is 0.277 e. The molecule has 0 radical (unpaired) electrons. The zero-order valence-corrected chi connectivity index (χ0v) is 20.0. The fourth-order valence-corrected chi connectivity index (χ4v) is 3.32. The first-order valence-corrected chi connectivity index (χ1v) is 11.8. The molecule has 0 aliphatic carbocycles. The van der Waals surface area contributed by atoms with E-state index in [0.717, 1.165) is 41.2 Å². The van der Waals surface area contributed by atoms with E-state index in [9.17, 15) is 4.79 Å². The molecule has 1 amide bonds. The van der Waals surface area contributed by atoms with Crippen molar-refractivity contribution >= 4 is 12.1 Å². The van der Waals surface area contributed by atoms with Crippen molar-refractivity contribution in [3.8, 4) is 11.5 Å². The van der Waals surface area contributed by atoms with Crippen molar-refractivity contribution in [3.05, 3.63) is 59.2 Å². The summed E-state index contributed by atoms with van der Waals surface area (Å²) in [4.78, 5) is 12.1. The Balaban J connectivity index is 1.70. The number of carbonyl (C=O) groups excluding carboxylic acids is 1. The lowest BCUT2D eigenvalue weighted by Gasteiger charge is -2.14. The average Bonchev–Trinajstić information content (AvgIpc) is 2.78. The summed E-state index contributed by atoms with van der Waals surface area (Å²) in [7, 11) is 0. The number of amides is 1. The van der Waals surface area contributed by atoms with Crippen LogP contribution in [0.5, 0.6) is 11.5 Å². The van der Waals surface area contributed by atoms with Gasteiger partial charge in [-0.3, -0.25) is 4.79 Å². The van der Waals surface area contributed by atoms with Gasteiger partial charge in [0.15, 0.2) is 6.61 Å². The van der Waals surface area contributed by atoms with Crippen molar-refractivity contribution < 1.29 is 14.3 Å². The topological polar surface area (TPSA) is 59.9 Å². The molecule has 0 heterocycles. The van der Waals surface area contributed by atoms with Crippen molar-refractivity contribution in [3.63, 3.8) is 0 Å². The van der Waals surface area contributed by atoms with Crippen LogP contribution in [0.3, 0.4) is 0 Å². The molecule has 0 aliphatic rings. The fourth-order valence-electron chi connectivity index (χ4n) is 3.32. The number of rotatable bonds is 14. The zero-order valence-electron chi connectivity index (χ0n) is 20.0. The molecule has 1 N–H and O–H groups in total. The third kappa shape index (κ3) is 9.54. The molecule has 5 nitrogen and oxygen atoms in total. The molecular formula is C27H38N2O3. The Morgan fingerprint density at radius 1 is 1.00 bits per heavy atom. The van der Waals surface area contributed by atoms with Gasteiger partial charge >= 0.3 is 0 Å². The number of carbonyl (C=O) groups is 1. The van der Waals surface area contributed by atoms with Crippen LogP contribution in [0.25, 0.3) is 0 Å². The number of ether oxygens (including phenoxy) is 2. The number of hydrogen-bond donors (Lipinski definition) is 1. The molecule has 174 valence electrons. The van der Waals surface area contributed by atoms with Gasteiger partial charge in [-0.1, -0.05) is 65.0 Å². The standard InChI is InChI=1S/C27H38N2O3/c1-5-6-7-8-9-10-17-31-24-14-12-23(13-15-24)19-28-29-27(30)20-32-26-18-22(4)11-16-25(26)21(2)3/h11-16,18-19,21H,5-10,17,20H2,1-4H3,(H,29,30). The lowest BCUT2D eigenvalue weighted by Crippen LogP contribution is -2.25. The third-order valence-electron chi connectivity index (χ3n) is 5.20. The van der Waals surface area contributed by atoms with Crippen molar-refractivity contribution in [2.45, 2.75) is 72.1 Å². The van der Waals surface area contributed by atoms with Gasteiger partial charge in [-0.25, -0.2) is 5.43 Å². The van der Waals surface area contributed by atoms with E-state index >= 15 is 0 Å². The second kappa shape index (κ2) is 14.3. The van der Waals surface area contributed by atoms with Crippen molar-refractivity contribution in [1.29, 1.82) is 0 Å². The lowest BCUT2D eigenvalue weighted by atomic mass is 10.0. The molecule has 0 bridgehead atoms. The number of hydrazone groups is 1. The maximum atomic E-state index is 12.1. The highest BCUT2D eigenvalue weighted by Gasteiger charge is 2.10. The van der Waals surface area contributed by atoms with Crippen molar-refractivity contribution in [2.24, 2.45) is 5.10 Å². The Morgan fingerprint density at radius 2 is 1.72 bits per heavy atom. The second-order valence-corrected chi connectivity index (χ2v) is 8.46. The van der Waals surface area contributed by atoms with Crippen molar-refractivity contribution in [1.82, 2.24) is 5.43 Å². The number of unbranched alkanes of at least 4 members (excludes halogenated alkanes) is 5. The summed E-state index contributed by atoms with van der Waals surface area (Å²) in [6.45, 7) is 9.11. The first kappa shape index (κ1) is 25.4. The van der Waals surface area contributed by atoms with Crippen LogP contribution < -0.4 is 14.9 Å². The third-order valence-corrected chi connectivity index (χ3v) is 5.20. The van der Waals surface area contributed by atoms with E-state index in [1.165, 1.54) is 32.1 Å². The Hall–Kier alpha value is -2.82. The van der Waals surface area contributed by atoms with Gasteiger partial charge in [-0.2, -0.15) is 5.10 Å². The first-order chi connectivity index (χ1) is 15.5. The number of aryl methyl sites for hydroxylation is 1. The SMILES string of the molecule is CCCCCCCCOc1ccc(C=NNC(=O)COc2cc(C)ccc2C(C)C)cc1. The van der Waals surface area contributed by atoms with Crippen LogP contribution in [-0.4, -0.2) is 25.3 Å². The zero-order chi connectivity index (χ0) is 23.2. The second-order valence-electron chi connectivity index (χ2n) is 8.46. The molecule has 2 aromatic rings. The van der Waals surface area contributed by atoms with Crippen LogP contribution in [0.4, 0.5) is 0 Å². The highest BCUT2D eigenvalue weighted by atomic mass is 16.5. The summed E-state index contributed by atoms with van der Waals surface area (Å²) < 4.78 is 11.5. The molecule has 5 heteroatoms. The average molecular weight is 439 g/mol. The number of nitrogens with zero attached hydrogens (tertiary/aromatic N) is 1. The minimum absolute atomic E-state index is 0.0776. The Labute approximate surface area is 193 Å². The van der Waals surface area contributed by atoms with Gasteiger partial charge in [0.2, 0.25) is 0 Å². The Kier molecular flexibility index (Phi) is 11.4. The quantitative estimate of drug-likeness (QED) is 0.211. The van der Waals surface area contributed by atoms with Gasteiger partial charge in [0.05, 0.1) is 12.8 Å². The Morgan fingerprint density at radius 3 is 2.44 bits per heavy atom. The summed E-state index contributed by atoms with van der Waals surface area (Å²) in [6.07, 6.45) is 9.12. The predicted octanol–water partition coefficient (Wildman–Crippen LogP) is 6.39. The van der Waals surface area contributed by atoms with E-state index in [-0.39, 0.29) is 12.5 Å². The van der Waals surface area contributed by atoms with Gasteiger partial charge in [-0.15, -0.1) is 0 Å². The molecule has 0 unspecified atom stereocenters. The maximum Gasteiger partial charge on any atom is 0.277 e. The number of hydrogen-bond acceptors (Lipinski definition) is 4. The monoisotopic (exact) mass is 438 g/mol. The summed E-state index contributed by atoms with van der Waals surface area (Å²) >= 11 is 0. The summed E-state index contributed by atoms with van der Waals surface area (Å²) in [5.41, 5.74) is 5.59. The van der Waals surface area contributed by atoms with Gasteiger partial charge < -0.3 is 9.47 Å². The van der Waals surface area contributed by atoms with E-state index in [4.69, 9.17) is 9.47 Å². The predicted molar refractivity (Wildman–Crippen MR) is 132 cm³/mol. The van der Waals surface area contributed by atoms with Gasteiger partial charge in [-0.05, 0) is 66.3 Å². The molecular weight excluding hydrogens is 400 g/mol. The summed E-state index contributed by atoms with van der Waals surface area (Å²) in [6, 6.07) is 13.8. The highest BCUT2D eigenvalue weighted by Crippen LogP contribution is 2.27.